The molecule has 1 saturated heterocycles. The van der Waals surface area contributed by atoms with Crippen LogP contribution in [0.25, 0.3) is 0 Å². The van der Waals surface area contributed by atoms with Gasteiger partial charge in [-0.1, -0.05) is 11.2 Å². The summed E-state index contributed by atoms with van der Waals surface area (Å²) in [7, 11) is 0. The Hall–Kier alpha value is -3.72. The zero-order valence-electron chi connectivity index (χ0n) is 18.6. The van der Waals surface area contributed by atoms with Crippen LogP contribution < -0.4 is 20.8 Å². The van der Waals surface area contributed by atoms with Crippen LogP contribution in [0.1, 0.15) is 12.7 Å². The Kier molecular flexibility index (Phi) is 7.16. The molecule has 1 fully saturated rings. The number of fused-ring (bicyclic) bond motifs is 1. The Bertz CT molecular complexity index is 1240. The molecule has 0 bridgehead atoms. The lowest BCUT2D eigenvalue weighted by atomic mass is 10.0. The molecule has 0 radical (unpaired) electrons. The van der Waals surface area contributed by atoms with Gasteiger partial charge in [0.25, 0.3) is 11.8 Å². The van der Waals surface area contributed by atoms with Crippen LogP contribution in [0.3, 0.4) is 0 Å². The number of oxime groups is 1. The number of amides is 2. The van der Waals surface area contributed by atoms with E-state index in [0.717, 1.165) is 16.4 Å². The lowest BCUT2D eigenvalue weighted by Gasteiger charge is -2.50. The number of aliphatic carboxylic acids is 1. The lowest BCUT2D eigenvalue weighted by molar-refractivity contribution is -0.767. The van der Waals surface area contributed by atoms with Crippen LogP contribution in [-0.4, -0.2) is 66.2 Å². The molecule has 0 spiro atoms. The Balaban J connectivity index is 1.53. The van der Waals surface area contributed by atoms with Gasteiger partial charge in [0.15, 0.2) is 17.9 Å². The van der Waals surface area contributed by atoms with Crippen LogP contribution in [-0.2, 0) is 32.3 Å². The summed E-state index contributed by atoms with van der Waals surface area (Å²) in [4.78, 5) is 48.0. The van der Waals surface area contributed by atoms with E-state index in [9.17, 15) is 19.5 Å². The van der Waals surface area contributed by atoms with Crippen molar-refractivity contribution in [1.29, 1.82) is 0 Å². The van der Waals surface area contributed by atoms with E-state index >= 15 is 0 Å². The van der Waals surface area contributed by atoms with E-state index in [1.807, 2.05) is 21.6 Å². The number of anilines is 1. The van der Waals surface area contributed by atoms with Gasteiger partial charge in [0.2, 0.25) is 11.5 Å². The van der Waals surface area contributed by atoms with Gasteiger partial charge in [0, 0.05) is 28.9 Å². The maximum atomic E-state index is 13.0. The molecule has 4 heterocycles. The Morgan fingerprint density at radius 2 is 2.31 bits per heavy atom. The second-order valence-electron chi connectivity index (χ2n) is 7.41. The molecule has 35 heavy (non-hydrogen) atoms. The van der Waals surface area contributed by atoms with Crippen molar-refractivity contribution in [2.45, 2.75) is 31.4 Å². The first kappa shape index (κ1) is 24.4. The summed E-state index contributed by atoms with van der Waals surface area (Å²) in [5.41, 5.74) is 5.72. The fraction of sp³-hybridized carbons (Fsp3) is 0.350. The first-order valence-electron chi connectivity index (χ1n) is 10.5. The van der Waals surface area contributed by atoms with Crippen molar-refractivity contribution < 1.29 is 29.0 Å². The summed E-state index contributed by atoms with van der Waals surface area (Å²) in [6.45, 7) is 6.40. The van der Waals surface area contributed by atoms with Crippen molar-refractivity contribution in [2.75, 3.05) is 18.1 Å². The quantitative estimate of drug-likeness (QED) is 0.121. The van der Waals surface area contributed by atoms with Crippen molar-refractivity contribution in [3.8, 4) is 0 Å². The molecule has 2 aliphatic heterocycles. The third-order valence-corrected chi connectivity index (χ3v) is 7.08. The average Bonchev–Trinajstić information content (AvgIpc) is 3.46. The number of nitrogen functional groups attached to an aromatic ring is 1. The van der Waals surface area contributed by atoms with Crippen molar-refractivity contribution in [3.63, 3.8) is 0 Å². The number of hydrogen-bond donors (Lipinski definition) is 2. The molecule has 0 saturated carbocycles. The highest BCUT2D eigenvalue weighted by Crippen LogP contribution is 2.40. The van der Waals surface area contributed by atoms with E-state index in [2.05, 4.69) is 26.4 Å². The highest BCUT2D eigenvalue weighted by molar-refractivity contribution is 8.00. The molecule has 2 aromatic heterocycles. The summed E-state index contributed by atoms with van der Waals surface area (Å²) < 4.78 is 7.66. The van der Waals surface area contributed by atoms with Crippen molar-refractivity contribution >= 4 is 51.9 Å². The van der Waals surface area contributed by atoms with E-state index in [1.165, 1.54) is 11.8 Å². The van der Waals surface area contributed by atoms with Gasteiger partial charge in [-0.05, 0) is 6.92 Å². The third kappa shape index (κ3) is 4.77. The molecule has 184 valence electrons. The minimum Gasteiger partial charge on any atom is -0.543 e. The largest absolute Gasteiger partial charge is 0.543 e. The summed E-state index contributed by atoms with van der Waals surface area (Å²) >= 11 is 2.23. The molecule has 0 aliphatic carbocycles. The minimum atomic E-state index is -1.45. The number of rotatable bonds is 10. The smallest absolute Gasteiger partial charge is 0.278 e. The molecule has 13 nitrogen and oxygen atoms in total. The van der Waals surface area contributed by atoms with E-state index in [1.54, 1.807) is 19.2 Å². The number of thioether (sulfide) groups is 1. The molecule has 2 amide bonds. The molecule has 2 aliphatic rings. The second-order valence-corrected chi connectivity index (χ2v) is 9.30. The number of β-lactam (4-membered cyclic amide) rings is 1. The highest BCUT2D eigenvalue weighted by Gasteiger charge is 2.53. The average molecular weight is 519 g/mol. The molecule has 15 heteroatoms. The number of carbonyl (C=O) groups is 3. The number of nitrogens with zero attached hydrogens (tertiary/aromatic N) is 6. The van der Waals surface area contributed by atoms with Gasteiger partial charge < -0.3 is 25.8 Å². The molecular formula is C20H22N8O5S2. The number of nitrogens with two attached hydrogens (primary N) is 1. The van der Waals surface area contributed by atoms with Crippen molar-refractivity contribution in [1.82, 2.24) is 24.3 Å². The van der Waals surface area contributed by atoms with Crippen LogP contribution in [0.4, 0.5) is 5.13 Å². The third-order valence-electron chi connectivity index (χ3n) is 5.20. The van der Waals surface area contributed by atoms with Crippen LogP contribution in [0.2, 0.25) is 0 Å². The zero-order chi connectivity index (χ0) is 25.1. The van der Waals surface area contributed by atoms with Crippen LogP contribution in [0.5, 0.6) is 0 Å². The molecule has 4 rings (SSSR count). The topological polar surface area (TPSA) is 172 Å². The normalized spacial score (nSPS) is 19.7. The summed E-state index contributed by atoms with van der Waals surface area (Å²) in [5.74, 6) is -2.46. The molecule has 0 aromatic carbocycles. The Morgan fingerprint density at radius 3 is 2.97 bits per heavy atom. The zero-order valence-corrected chi connectivity index (χ0v) is 20.3. The van der Waals surface area contributed by atoms with E-state index in [-0.39, 0.29) is 35.5 Å². The predicted octanol–water partition coefficient (Wildman–Crippen LogP) is -1.76. The highest BCUT2D eigenvalue weighted by atomic mass is 32.2. The minimum absolute atomic E-state index is 0.0319. The number of carboxylic acid groups (broad SMARTS) is 1. The maximum Gasteiger partial charge on any atom is 0.278 e. The van der Waals surface area contributed by atoms with Crippen LogP contribution in [0.15, 0.2) is 47.5 Å². The Morgan fingerprint density at radius 1 is 1.51 bits per heavy atom. The van der Waals surface area contributed by atoms with Gasteiger partial charge in [0.1, 0.15) is 18.0 Å². The number of allylic oxidation sites excluding steroid dienone is 1. The lowest BCUT2D eigenvalue weighted by Crippen LogP contribution is -2.71. The molecule has 2 atom stereocenters. The van der Waals surface area contributed by atoms with Gasteiger partial charge in [-0.3, -0.25) is 14.5 Å². The number of aromatic nitrogens is 4. The van der Waals surface area contributed by atoms with E-state index in [4.69, 9.17) is 10.6 Å². The number of hydrogen-bond acceptors (Lipinski definition) is 11. The molecular weight excluding hydrogens is 496 g/mol. The maximum absolute atomic E-state index is 13.0. The van der Waals surface area contributed by atoms with E-state index in [0.29, 0.717) is 17.9 Å². The van der Waals surface area contributed by atoms with Gasteiger partial charge >= 0.3 is 0 Å². The molecule has 1 unspecified atom stereocenters. The standard InChI is InChI=1S/C20H22N8O5S2/c1-3-6-26-7-5-8-27(26)9-11-10-34-18-13(17(30)28(18)14(11)19(31)32)22-16(29)12(24-33-4-2)15-23-20(21)35-25-15/h3,5,7-8,13,18H,1,4,6,9-10H2,2H3,(H3-,21,22,23,25,29,31,32)/t13?,18-/m1/s1. The van der Waals surface area contributed by atoms with Gasteiger partial charge in [0.05, 0.1) is 24.4 Å². The van der Waals surface area contributed by atoms with Crippen molar-refractivity contribution in [3.05, 3.63) is 48.2 Å². The second kappa shape index (κ2) is 10.3. The van der Waals surface area contributed by atoms with Crippen LogP contribution in [0, 0.1) is 0 Å². The SMILES string of the molecule is C=CCn1ccc[n+]1CC1=C(C(=O)[O-])N2C(=O)C(NC(=O)C(=NOCC)c3nsc(N)n3)[C@H]2SC1. The first-order valence-corrected chi connectivity index (χ1v) is 12.3. The van der Waals surface area contributed by atoms with Crippen LogP contribution >= 0.6 is 23.3 Å². The van der Waals surface area contributed by atoms with Gasteiger partial charge in [-0.15, -0.1) is 23.0 Å². The number of carbonyl (C=O) groups excluding carboxylic acids is 3. The van der Waals surface area contributed by atoms with Gasteiger partial charge in [-0.25, -0.2) is 0 Å². The predicted molar refractivity (Wildman–Crippen MR) is 124 cm³/mol. The molecule has 2 aromatic rings. The van der Waals surface area contributed by atoms with Crippen molar-refractivity contribution in [2.24, 2.45) is 5.16 Å². The summed E-state index contributed by atoms with van der Waals surface area (Å²) in [6, 6.07) is 0.858. The fourth-order valence-corrected chi connectivity index (χ4v) is 5.46. The number of nitrogens with one attached hydrogen (secondary N) is 1. The molecule has 3 N–H and O–H groups in total. The summed E-state index contributed by atoms with van der Waals surface area (Å²) in [6.07, 6.45) is 5.37. The number of carboxylic acids is 1. The monoisotopic (exact) mass is 518 g/mol. The van der Waals surface area contributed by atoms with E-state index < -0.39 is 29.2 Å². The van der Waals surface area contributed by atoms with Gasteiger partial charge in [-0.2, -0.15) is 14.0 Å². The summed E-state index contributed by atoms with van der Waals surface area (Å²) in [5, 5.41) is 17.9. The first-order chi connectivity index (χ1) is 16.8. The Labute approximate surface area is 208 Å². The fourth-order valence-electron chi connectivity index (χ4n) is 3.69.